The lowest BCUT2D eigenvalue weighted by Gasteiger charge is -2.28. The summed E-state index contributed by atoms with van der Waals surface area (Å²) in [5.41, 5.74) is 3.59. The van der Waals surface area contributed by atoms with Crippen molar-refractivity contribution in [3.8, 4) is 5.75 Å². The van der Waals surface area contributed by atoms with Crippen LogP contribution in [0.5, 0.6) is 5.75 Å². The Morgan fingerprint density at radius 3 is 2.39 bits per heavy atom. The van der Waals surface area contributed by atoms with Crippen LogP contribution in [-0.4, -0.2) is 46.0 Å². The number of amides is 1. The molecule has 0 spiro atoms. The topological polar surface area (TPSA) is 87.7 Å². The molecule has 0 bridgehead atoms. The zero-order valence-electron chi connectivity index (χ0n) is 21.0. The van der Waals surface area contributed by atoms with Crippen LogP contribution >= 0.6 is 0 Å². The molecule has 36 heavy (non-hydrogen) atoms. The van der Waals surface area contributed by atoms with E-state index in [0.717, 1.165) is 42.8 Å². The van der Waals surface area contributed by atoms with Gasteiger partial charge in [-0.15, -0.1) is 0 Å². The van der Waals surface area contributed by atoms with Gasteiger partial charge in [0.05, 0.1) is 18.0 Å². The minimum Gasteiger partial charge on any atom is -0.497 e. The molecule has 0 radical (unpaired) electrons. The highest BCUT2D eigenvalue weighted by Crippen LogP contribution is 2.27. The van der Waals surface area contributed by atoms with Crippen LogP contribution in [0.1, 0.15) is 45.9 Å². The molecular formula is C28H33N3O4S. The molecule has 7 nitrogen and oxygen atoms in total. The fraction of sp³-hybridized carbons (Fsp3) is 0.321. The van der Waals surface area contributed by atoms with Gasteiger partial charge in [0.2, 0.25) is 0 Å². The highest BCUT2D eigenvalue weighted by atomic mass is 32.2. The third-order valence-electron chi connectivity index (χ3n) is 6.57. The van der Waals surface area contributed by atoms with Gasteiger partial charge in [0.15, 0.2) is 0 Å². The normalized spacial score (nSPS) is 14.9. The second-order valence-electron chi connectivity index (χ2n) is 9.19. The number of carbonyl (C=O) groups is 1. The van der Waals surface area contributed by atoms with Gasteiger partial charge in [-0.05, 0) is 92.9 Å². The van der Waals surface area contributed by atoms with E-state index in [-0.39, 0.29) is 16.8 Å². The van der Waals surface area contributed by atoms with Crippen molar-refractivity contribution in [3.05, 3.63) is 89.0 Å². The highest BCUT2D eigenvalue weighted by Gasteiger charge is 2.25. The van der Waals surface area contributed by atoms with Gasteiger partial charge in [0.1, 0.15) is 5.75 Å². The first-order valence-electron chi connectivity index (χ1n) is 12.1. The molecule has 0 saturated carbocycles. The van der Waals surface area contributed by atoms with Crippen molar-refractivity contribution in [2.75, 3.05) is 31.5 Å². The average Bonchev–Trinajstić information content (AvgIpc) is 3.39. The molecule has 1 atom stereocenters. The van der Waals surface area contributed by atoms with Gasteiger partial charge in [-0.2, -0.15) is 0 Å². The van der Waals surface area contributed by atoms with Gasteiger partial charge < -0.3 is 10.1 Å². The Labute approximate surface area is 213 Å². The minimum absolute atomic E-state index is 0.0255. The number of hydrogen-bond acceptors (Lipinski definition) is 5. The predicted molar refractivity (Wildman–Crippen MR) is 142 cm³/mol. The molecule has 1 aliphatic rings. The smallest absolute Gasteiger partial charge is 0.261 e. The van der Waals surface area contributed by atoms with E-state index in [2.05, 4.69) is 14.9 Å². The lowest BCUT2D eigenvalue weighted by atomic mass is 10.0. The molecule has 1 aliphatic heterocycles. The quantitative estimate of drug-likeness (QED) is 0.439. The van der Waals surface area contributed by atoms with Crippen LogP contribution in [-0.2, 0) is 10.0 Å². The monoisotopic (exact) mass is 507 g/mol. The summed E-state index contributed by atoms with van der Waals surface area (Å²) in [5, 5.41) is 3.05. The molecule has 3 aromatic carbocycles. The Morgan fingerprint density at radius 1 is 1.00 bits per heavy atom. The van der Waals surface area contributed by atoms with Crippen molar-refractivity contribution >= 4 is 21.6 Å². The first kappa shape index (κ1) is 25.7. The summed E-state index contributed by atoms with van der Waals surface area (Å²) in [6, 6.07) is 19.7. The van der Waals surface area contributed by atoms with Crippen molar-refractivity contribution in [3.63, 3.8) is 0 Å². The van der Waals surface area contributed by atoms with E-state index in [1.54, 1.807) is 38.3 Å². The van der Waals surface area contributed by atoms with Crippen molar-refractivity contribution in [1.29, 1.82) is 0 Å². The Morgan fingerprint density at radius 2 is 1.72 bits per heavy atom. The van der Waals surface area contributed by atoms with E-state index in [9.17, 15) is 13.2 Å². The van der Waals surface area contributed by atoms with Crippen molar-refractivity contribution in [2.24, 2.45) is 0 Å². The Balaban J connectivity index is 1.52. The molecule has 0 unspecified atom stereocenters. The lowest BCUT2D eigenvalue weighted by Crippen LogP contribution is -2.37. The summed E-state index contributed by atoms with van der Waals surface area (Å²) in [5.74, 6) is 0.494. The predicted octanol–water partition coefficient (Wildman–Crippen LogP) is 4.68. The van der Waals surface area contributed by atoms with Gasteiger partial charge >= 0.3 is 0 Å². The minimum atomic E-state index is -3.85. The number of hydrogen-bond donors (Lipinski definition) is 2. The summed E-state index contributed by atoms with van der Waals surface area (Å²) in [6.07, 6.45) is 2.26. The Hall–Kier alpha value is -3.36. The van der Waals surface area contributed by atoms with Crippen LogP contribution in [0.25, 0.3) is 0 Å². The molecule has 3 aromatic rings. The zero-order chi connectivity index (χ0) is 25.7. The maximum atomic E-state index is 13.2. The number of nitrogens with zero attached hydrogens (tertiary/aromatic N) is 1. The molecule has 190 valence electrons. The molecule has 1 amide bonds. The third kappa shape index (κ3) is 6.06. The largest absolute Gasteiger partial charge is 0.497 e. The summed E-state index contributed by atoms with van der Waals surface area (Å²) in [4.78, 5) is 15.7. The second kappa shape index (κ2) is 11.1. The number of methoxy groups -OCH3 is 1. The van der Waals surface area contributed by atoms with E-state index in [1.165, 1.54) is 12.1 Å². The average molecular weight is 508 g/mol. The number of likely N-dealkylation sites (tertiary alicyclic amines) is 1. The lowest BCUT2D eigenvalue weighted by molar-refractivity contribution is 0.0937. The van der Waals surface area contributed by atoms with Crippen molar-refractivity contribution in [1.82, 2.24) is 10.2 Å². The summed E-state index contributed by atoms with van der Waals surface area (Å²) < 4.78 is 33.9. The van der Waals surface area contributed by atoms with E-state index in [0.29, 0.717) is 23.4 Å². The molecule has 4 rings (SSSR count). The molecule has 1 heterocycles. The number of benzene rings is 3. The van der Waals surface area contributed by atoms with Crippen molar-refractivity contribution < 1.29 is 17.9 Å². The van der Waals surface area contributed by atoms with E-state index in [1.807, 2.05) is 37.3 Å². The Bertz CT molecular complexity index is 1320. The maximum Gasteiger partial charge on any atom is 0.261 e. The van der Waals surface area contributed by atoms with Crippen LogP contribution in [0.2, 0.25) is 0 Å². The number of nitrogens with one attached hydrogen (secondary N) is 2. The van der Waals surface area contributed by atoms with Gasteiger partial charge in [0.25, 0.3) is 15.9 Å². The van der Waals surface area contributed by atoms with E-state index in [4.69, 9.17) is 4.74 Å². The van der Waals surface area contributed by atoms with Crippen LogP contribution in [0, 0.1) is 13.8 Å². The van der Waals surface area contributed by atoms with Gasteiger partial charge in [0, 0.05) is 17.8 Å². The number of sulfonamides is 1. The molecule has 0 aliphatic carbocycles. The molecule has 2 N–H and O–H groups in total. The Kier molecular flexibility index (Phi) is 7.96. The zero-order valence-corrected chi connectivity index (χ0v) is 21.8. The number of ether oxygens (including phenoxy) is 1. The molecule has 1 saturated heterocycles. The van der Waals surface area contributed by atoms with Gasteiger partial charge in [-0.3, -0.25) is 14.4 Å². The third-order valence-corrected chi connectivity index (χ3v) is 7.95. The SMILES string of the molecule is COc1ccc([C@@H](CNC(=O)c2cc(S(=O)(=O)Nc3cccc(C)c3)ccc2C)N2CCCC2)cc1. The summed E-state index contributed by atoms with van der Waals surface area (Å²) >= 11 is 0. The number of anilines is 1. The van der Waals surface area contributed by atoms with Crippen LogP contribution in [0.15, 0.2) is 71.6 Å². The van der Waals surface area contributed by atoms with Crippen molar-refractivity contribution in [2.45, 2.75) is 37.6 Å². The fourth-order valence-electron chi connectivity index (χ4n) is 4.56. The maximum absolute atomic E-state index is 13.2. The number of rotatable bonds is 9. The summed E-state index contributed by atoms with van der Waals surface area (Å²) in [7, 11) is -2.21. The highest BCUT2D eigenvalue weighted by molar-refractivity contribution is 7.92. The van der Waals surface area contributed by atoms with Crippen LogP contribution in [0.4, 0.5) is 5.69 Å². The van der Waals surface area contributed by atoms with Crippen LogP contribution < -0.4 is 14.8 Å². The first-order valence-corrected chi connectivity index (χ1v) is 13.6. The molecule has 0 aromatic heterocycles. The first-order chi connectivity index (χ1) is 17.3. The second-order valence-corrected chi connectivity index (χ2v) is 10.9. The van der Waals surface area contributed by atoms with Crippen LogP contribution in [0.3, 0.4) is 0 Å². The van der Waals surface area contributed by atoms with Gasteiger partial charge in [-0.25, -0.2) is 8.42 Å². The van der Waals surface area contributed by atoms with Gasteiger partial charge in [-0.1, -0.05) is 30.3 Å². The summed E-state index contributed by atoms with van der Waals surface area (Å²) in [6.45, 7) is 6.07. The molecule has 1 fully saturated rings. The van der Waals surface area contributed by atoms with E-state index < -0.39 is 10.0 Å². The van der Waals surface area contributed by atoms with E-state index >= 15 is 0 Å². The standard InChI is InChI=1S/C28H33N3O4S/c1-20-7-6-8-23(17-20)30-36(33,34)25-14-9-21(2)26(18-25)28(32)29-19-27(31-15-4-5-16-31)22-10-12-24(35-3)13-11-22/h6-14,17-18,27,30H,4-5,15-16,19H2,1-3H3,(H,29,32)/t27-/m1/s1. The number of aryl methyl sites for hydroxylation is 2. The molecular weight excluding hydrogens is 474 g/mol. The fourth-order valence-corrected chi connectivity index (χ4v) is 5.63. The molecule has 8 heteroatoms. The number of carbonyl (C=O) groups excluding carboxylic acids is 1.